The number of halogens is 1. The molecule has 0 saturated heterocycles. The Morgan fingerprint density at radius 3 is 2.38 bits per heavy atom. The highest BCUT2D eigenvalue weighted by Crippen LogP contribution is 2.25. The predicted octanol–water partition coefficient (Wildman–Crippen LogP) is 5.82. The van der Waals surface area contributed by atoms with Gasteiger partial charge >= 0.3 is 0 Å². The molecule has 3 nitrogen and oxygen atoms in total. The lowest BCUT2D eigenvalue weighted by Gasteiger charge is -2.22. The van der Waals surface area contributed by atoms with Crippen LogP contribution in [0.5, 0.6) is 0 Å². The van der Waals surface area contributed by atoms with Crippen LogP contribution in [0.1, 0.15) is 49.2 Å². The molecule has 5 heteroatoms. The molecule has 1 amide bonds. The highest BCUT2D eigenvalue weighted by molar-refractivity contribution is 7.99. The molecule has 2 aromatic carbocycles. The largest absolute Gasteiger partial charge is 0.356 e. The lowest BCUT2D eigenvalue weighted by Crippen LogP contribution is -2.38. The van der Waals surface area contributed by atoms with Gasteiger partial charge in [0.15, 0.2) is 0 Å². The van der Waals surface area contributed by atoms with E-state index >= 15 is 0 Å². The second-order valence-corrected chi connectivity index (χ2v) is 9.05. The molecule has 0 aliphatic heterocycles. The van der Waals surface area contributed by atoms with Crippen molar-refractivity contribution in [1.82, 2.24) is 5.32 Å². The van der Waals surface area contributed by atoms with Crippen LogP contribution in [-0.4, -0.2) is 17.2 Å². The minimum absolute atomic E-state index is 0.0685. The van der Waals surface area contributed by atoms with Crippen molar-refractivity contribution < 1.29 is 4.79 Å². The number of nitrogens with one attached hydrogen (secondary N) is 2. The normalized spacial score (nSPS) is 12.5. The number of aryl methyl sites for hydroxylation is 1. The van der Waals surface area contributed by atoms with E-state index in [-0.39, 0.29) is 16.8 Å². The van der Waals surface area contributed by atoms with Crippen LogP contribution >= 0.6 is 23.4 Å². The van der Waals surface area contributed by atoms with Crippen LogP contribution in [0.3, 0.4) is 0 Å². The van der Waals surface area contributed by atoms with Crippen molar-refractivity contribution in [3.8, 4) is 0 Å². The molecule has 1 unspecified atom stereocenters. The maximum atomic E-state index is 12.6. The summed E-state index contributed by atoms with van der Waals surface area (Å²) in [5.74, 6) is 0.761. The van der Waals surface area contributed by atoms with Gasteiger partial charge in [-0.2, -0.15) is 0 Å². The van der Waals surface area contributed by atoms with E-state index < -0.39 is 0 Å². The maximum Gasteiger partial charge on any atom is 0.253 e. The van der Waals surface area contributed by atoms with Gasteiger partial charge in [0.2, 0.25) is 0 Å². The van der Waals surface area contributed by atoms with Gasteiger partial charge in [-0.15, -0.1) is 11.8 Å². The Kier molecular flexibility index (Phi) is 7.01. The van der Waals surface area contributed by atoms with Gasteiger partial charge in [-0.3, -0.25) is 4.79 Å². The van der Waals surface area contributed by atoms with E-state index in [4.69, 9.17) is 11.6 Å². The highest BCUT2D eigenvalue weighted by atomic mass is 35.5. The van der Waals surface area contributed by atoms with Crippen LogP contribution in [0.2, 0.25) is 5.02 Å². The number of hydrogen-bond acceptors (Lipinski definition) is 3. The van der Waals surface area contributed by atoms with E-state index in [9.17, 15) is 4.79 Å². The minimum Gasteiger partial charge on any atom is -0.356 e. The van der Waals surface area contributed by atoms with Crippen molar-refractivity contribution in [2.24, 2.45) is 0 Å². The van der Waals surface area contributed by atoms with Crippen molar-refractivity contribution >= 4 is 35.0 Å². The molecule has 0 saturated carbocycles. The summed E-state index contributed by atoms with van der Waals surface area (Å²) in [6, 6.07) is 13.6. The molecular formula is C21H27ClN2OS. The van der Waals surface area contributed by atoms with E-state index in [0.717, 1.165) is 17.0 Å². The lowest BCUT2D eigenvalue weighted by molar-refractivity contribution is 0.0952. The number of anilines is 1. The summed E-state index contributed by atoms with van der Waals surface area (Å²) in [4.78, 5) is 12.6. The summed E-state index contributed by atoms with van der Waals surface area (Å²) in [5, 5.41) is 7.01. The summed E-state index contributed by atoms with van der Waals surface area (Å²) in [5.41, 5.74) is 3.60. The lowest BCUT2D eigenvalue weighted by atomic mass is 9.87. The number of carbonyl (C=O) groups is 1. The van der Waals surface area contributed by atoms with Gasteiger partial charge in [-0.25, -0.2) is 0 Å². The van der Waals surface area contributed by atoms with Crippen molar-refractivity contribution in [2.45, 2.75) is 45.5 Å². The van der Waals surface area contributed by atoms with Gasteiger partial charge < -0.3 is 10.6 Å². The number of benzene rings is 2. The molecule has 140 valence electrons. The third-order valence-corrected chi connectivity index (χ3v) is 5.25. The molecule has 26 heavy (non-hydrogen) atoms. The fraction of sp³-hybridized carbons (Fsp3) is 0.381. The molecule has 0 heterocycles. The summed E-state index contributed by atoms with van der Waals surface area (Å²) < 4.78 is 0. The molecule has 2 rings (SSSR count). The second kappa shape index (κ2) is 8.83. The Morgan fingerprint density at radius 1 is 1.15 bits per heavy atom. The Labute approximate surface area is 165 Å². The van der Waals surface area contributed by atoms with Crippen molar-refractivity contribution in [3.63, 3.8) is 0 Å². The van der Waals surface area contributed by atoms with Crippen molar-refractivity contribution in [3.05, 3.63) is 64.2 Å². The van der Waals surface area contributed by atoms with E-state index in [0.29, 0.717) is 10.6 Å². The standard InChI is InChI=1S/C21H27ClN2OS/c1-6-26-20(23-18-13-14(2)7-12-17(18)22)24-19(25)15-8-10-16(11-9-15)21(3,4)5/h7-13,20,23H,6H2,1-5H3,(H,24,25). The molecule has 0 bridgehead atoms. The van der Waals surface area contributed by atoms with Crippen LogP contribution in [-0.2, 0) is 5.41 Å². The summed E-state index contributed by atoms with van der Waals surface area (Å²) in [7, 11) is 0. The van der Waals surface area contributed by atoms with Gasteiger partial charge in [0.25, 0.3) is 5.91 Å². The zero-order chi connectivity index (χ0) is 19.3. The third kappa shape index (κ3) is 5.68. The Bertz CT molecular complexity index is 754. The molecule has 0 aliphatic carbocycles. The predicted molar refractivity (Wildman–Crippen MR) is 114 cm³/mol. The molecular weight excluding hydrogens is 364 g/mol. The summed E-state index contributed by atoms with van der Waals surface area (Å²) in [6.07, 6.45) is 0. The summed E-state index contributed by atoms with van der Waals surface area (Å²) in [6.45, 7) is 10.5. The van der Waals surface area contributed by atoms with Crippen molar-refractivity contribution in [1.29, 1.82) is 0 Å². The van der Waals surface area contributed by atoms with Crippen LogP contribution in [0.25, 0.3) is 0 Å². The first kappa shape index (κ1) is 20.7. The molecule has 2 aromatic rings. The third-order valence-electron chi connectivity index (χ3n) is 4.02. The molecule has 0 radical (unpaired) electrons. The monoisotopic (exact) mass is 390 g/mol. The zero-order valence-corrected chi connectivity index (χ0v) is 17.6. The Morgan fingerprint density at radius 2 is 1.81 bits per heavy atom. The van der Waals surface area contributed by atoms with Crippen LogP contribution in [0.15, 0.2) is 42.5 Å². The average Bonchev–Trinajstić information content (AvgIpc) is 2.57. The maximum absolute atomic E-state index is 12.6. The second-order valence-electron chi connectivity index (χ2n) is 7.26. The zero-order valence-electron chi connectivity index (χ0n) is 16.0. The SMILES string of the molecule is CCSC(NC(=O)c1ccc(C(C)(C)C)cc1)Nc1cc(C)ccc1Cl. The van der Waals surface area contributed by atoms with E-state index in [1.165, 1.54) is 5.56 Å². The smallest absolute Gasteiger partial charge is 0.253 e. The molecule has 0 aliphatic rings. The average molecular weight is 391 g/mol. The molecule has 0 aromatic heterocycles. The number of carbonyl (C=O) groups excluding carboxylic acids is 1. The van der Waals surface area contributed by atoms with Crippen LogP contribution in [0, 0.1) is 6.92 Å². The van der Waals surface area contributed by atoms with E-state index in [1.807, 2.05) is 49.4 Å². The fourth-order valence-electron chi connectivity index (χ4n) is 2.50. The topological polar surface area (TPSA) is 41.1 Å². The summed E-state index contributed by atoms with van der Waals surface area (Å²) >= 11 is 7.88. The van der Waals surface area contributed by atoms with Crippen LogP contribution < -0.4 is 10.6 Å². The highest BCUT2D eigenvalue weighted by Gasteiger charge is 2.17. The fourth-order valence-corrected chi connectivity index (χ4v) is 3.41. The van der Waals surface area contributed by atoms with E-state index in [1.54, 1.807) is 11.8 Å². The van der Waals surface area contributed by atoms with Gasteiger partial charge in [0.1, 0.15) is 5.50 Å². The van der Waals surface area contributed by atoms with Gasteiger partial charge in [0.05, 0.1) is 10.7 Å². The number of amides is 1. The first-order valence-corrected chi connectivity index (χ1v) is 10.2. The number of rotatable bonds is 6. The van der Waals surface area contributed by atoms with E-state index in [2.05, 4.69) is 38.3 Å². The minimum atomic E-state index is -0.255. The van der Waals surface area contributed by atoms with Gasteiger partial charge in [-0.05, 0) is 53.5 Å². The molecule has 2 N–H and O–H groups in total. The van der Waals surface area contributed by atoms with Crippen molar-refractivity contribution in [2.75, 3.05) is 11.1 Å². The molecule has 0 spiro atoms. The first-order chi connectivity index (χ1) is 12.2. The van der Waals surface area contributed by atoms with Gasteiger partial charge in [-0.1, -0.05) is 57.5 Å². The first-order valence-electron chi connectivity index (χ1n) is 8.76. The Hall–Kier alpha value is -1.65. The quantitative estimate of drug-likeness (QED) is 0.610. The van der Waals surface area contributed by atoms with Gasteiger partial charge in [0, 0.05) is 5.56 Å². The van der Waals surface area contributed by atoms with Crippen LogP contribution in [0.4, 0.5) is 5.69 Å². The number of hydrogen-bond donors (Lipinski definition) is 2. The Balaban J connectivity index is 2.11. The molecule has 1 atom stereocenters. The number of thioether (sulfide) groups is 1. The molecule has 0 fully saturated rings.